The SMILES string of the molecule is Cn1c(NCCNCCCOc2ccccc2)cc(=O)n(C)c1=O.[O-][Br+2]([O-])O. The number of aromatic nitrogens is 2. The number of benzene rings is 1. The molecule has 0 spiro atoms. The van der Waals surface area contributed by atoms with Crippen LogP contribution in [0, 0.1) is 14.8 Å². The van der Waals surface area contributed by atoms with Crippen molar-refractivity contribution in [2.24, 2.45) is 14.1 Å². The first-order chi connectivity index (χ1) is 13.3. The molecule has 0 amide bonds. The van der Waals surface area contributed by atoms with Crippen LogP contribution < -0.4 is 35.0 Å². The van der Waals surface area contributed by atoms with Crippen molar-refractivity contribution in [1.82, 2.24) is 14.5 Å². The second kappa shape index (κ2) is 13.1. The monoisotopic (exact) mass is 460 g/mol. The number of nitrogens with one attached hydrogen (secondary N) is 2. The molecule has 0 aliphatic heterocycles. The van der Waals surface area contributed by atoms with E-state index in [4.69, 9.17) is 17.3 Å². The first-order valence-corrected chi connectivity index (χ1v) is 10.5. The molecule has 1 heterocycles. The number of para-hydroxylation sites is 1. The van der Waals surface area contributed by atoms with Crippen LogP contribution in [0.5, 0.6) is 5.75 Å². The van der Waals surface area contributed by atoms with E-state index in [-0.39, 0.29) is 11.2 Å². The van der Waals surface area contributed by atoms with Crippen LogP contribution in [-0.4, -0.2) is 39.6 Å². The first kappa shape index (κ1) is 23.9. The van der Waals surface area contributed by atoms with Crippen LogP contribution >= 0.6 is 0 Å². The van der Waals surface area contributed by atoms with E-state index in [0.29, 0.717) is 19.0 Å². The number of ether oxygens (including phenoxy) is 1. The zero-order valence-electron chi connectivity index (χ0n) is 15.8. The lowest BCUT2D eigenvalue weighted by Crippen LogP contribution is -2.38. The van der Waals surface area contributed by atoms with Gasteiger partial charge in [0.05, 0.1) is 6.61 Å². The zero-order valence-corrected chi connectivity index (χ0v) is 17.3. The third-order valence-electron chi connectivity index (χ3n) is 3.64. The molecule has 1 aromatic heterocycles. The highest BCUT2D eigenvalue weighted by molar-refractivity contribution is 5.33. The van der Waals surface area contributed by atoms with Gasteiger partial charge in [0.1, 0.15) is 11.6 Å². The Bertz CT molecular complexity index is 807. The summed E-state index contributed by atoms with van der Waals surface area (Å²) < 4.78 is 32.4. The molecule has 0 saturated heterocycles. The molecule has 2 aromatic rings. The molecule has 11 heteroatoms. The number of rotatable bonds is 9. The molecule has 0 unspecified atom stereocenters. The normalized spacial score (nSPS) is 10.4. The van der Waals surface area contributed by atoms with Gasteiger partial charge in [0.25, 0.3) is 5.56 Å². The van der Waals surface area contributed by atoms with Crippen LogP contribution in [0.15, 0.2) is 46.0 Å². The Hall–Kier alpha value is -2.18. The van der Waals surface area contributed by atoms with Gasteiger partial charge in [-0.1, -0.05) is 18.2 Å². The van der Waals surface area contributed by atoms with Gasteiger partial charge >= 0.3 is 20.5 Å². The second-order valence-electron chi connectivity index (χ2n) is 5.66. The second-order valence-corrected chi connectivity index (χ2v) is 6.50. The van der Waals surface area contributed by atoms with Crippen LogP contribution in [0.1, 0.15) is 6.42 Å². The summed E-state index contributed by atoms with van der Waals surface area (Å²) in [6.45, 7) is 2.85. The fourth-order valence-corrected chi connectivity index (χ4v) is 2.21. The first-order valence-electron chi connectivity index (χ1n) is 8.47. The zero-order chi connectivity index (χ0) is 20.9. The maximum atomic E-state index is 11.8. The van der Waals surface area contributed by atoms with Gasteiger partial charge in [0.2, 0.25) is 0 Å². The molecule has 3 N–H and O–H groups in total. The van der Waals surface area contributed by atoms with E-state index >= 15 is 0 Å². The molecule has 0 saturated carbocycles. The van der Waals surface area contributed by atoms with Gasteiger partial charge < -0.3 is 23.8 Å². The molecule has 2 rings (SSSR count). The fraction of sp³-hybridized carbons (Fsp3) is 0.412. The van der Waals surface area contributed by atoms with E-state index in [9.17, 15) is 9.59 Å². The van der Waals surface area contributed by atoms with Crippen molar-refractivity contribution in [3.63, 3.8) is 0 Å². The highest BCUT2D eigenvalue weighted by Gasteiger charge is 2.04. The summed E-state index contributed by atoms with van der Waals surface area (Å²) in [6, 6.07) is 11.2. The average molecular weight is 461 g/mol. The van der Waals surface area contributed by atoms with Crippen LogP contribution in [-0.2, 0) is 14.1 Å². The summed E-state index contributed by atoms with van der Waals surface area (Å²) in [7, 11) is 3.10. The minimum atomic E-state index is -3.40. The van der Waals surface area contributed by atoms with Crippen molar-refractivity contribution in [1.29, 1.82) is 0 Å². The van der Waals surface area contributed by atoms with Crippen molar-refractivity contribution in [3.8, 4) is 5.75 Å². The Kier molecular flexibility index (Phi) is 11.1. The molecule has 0 radical (unpaired) electrons. The summed E-state index contributed by atoms with van der Waals surface area (Å²) in [5.74, 6) is 1.41. The molecule has 10 nitrogen and oxygen atoms in total. The molecule has 0 atom stereocenters. The van der Waals surface area contributed by atoms with E-state index in [0.717, 1.165) is 29.8 Å². The maximum Gasteiger partial charge on any atom is 0.433 e. The van der Waals surface area contributed by atoms with Gasteiger partial charge in [-0.2, -0.15) is 0 Å². The van der Waals surface area contributed by atoms with Gasteiger partial charge in [-0.15, -0.1) is 0 Å². The van der Waals surface area contributed by atoms with Crippen molar-refractivity contribution >= 4 is 5.82 Å². The summed E-state index contributed by atoms with van der Waals surface area (Å²) in [5, 5.41) is 6.38. The number of hydrogen-bond acceptors (Lipinski definition) is 8. The Morgan fingerprint density at radius 3 is 2.36 bits per heavy atom. The smallest absolute Gasteiger partial charge is 0.433 e. The third kappa shape index (κ3) is 9.15. The molecule has 1 aromatic carbocycles. The van der Waals surface area contributed by atoms with Crippen LogP contribution in [0.3, 0.4) is 0 Å². The van der Waals surface area contributed by atoms with E-state index < -0.39 is 14.8 Å². The Labute approximate surface area is 167 Å². The fourth-order valence-electron chi connectivity index (χ4n) is 2.21. The van der Waals surface area contributed by atoms with Gasteiger partial charge in [0.15, 0.2) is 0 Å². The van der Waals surface area contributed by atoms with Gasteiger partial charge in [0, 0.05) is 33.3 Å². The highest BCUT2D eigenvalue weighted by Crippen LogP contribution is 2.07. The van der Waals surface area contributed by atoms with Crippen LogP contribution in [0.25, 0.3) is 0 Å². The highest BCUT2D eigenvalue weighted by atomic mass is 80.0. The van der Waals surface area contributed by atoms with Crippen molar-refractivity contribution in [2.45, 2.75) is 6.42 Å². The summed E-state index contributed by atoms with van der Waals surface area (Å²) >= 11 is -3.40. The van der Waals surface area contributed by atoms with Gasteiger partial charge in [-0.3, -0.25) is 13.9 Å². The Morgan fingerprint density at radius 2 is 1.71 bits per heavy atom. The molecule has 156 valence electrons. The minimum absolute atomic E-state index is 0.313. The van der Waals surface area contributed by atoms with Crippen molar-refractivity contribution in [2.75, 3.05) is 31.6 Å². The van der Waals surface area contributed by atoms with E-state index in [1.54, 1.807) is 7.05 Å². The lowest BCUT2D eigenvalue weighted by Gasteiger charge is -2.12. The number of halogens is 1. The van der Waals surface area contributed by atoms with E-state index in [1.807, 2.05) is 30.3 Å². The molecule has 0 bridgehead atoms. The maximum absolute atomic E-state index is 11.8. The van der Waals surface area contributed by atoms with Crippen LogP contribution in [0.2, 0.25) is 0 Å². The molecule has 0 aliphatic carbocycles. The largest absolute Gasteiger partial charge is 0.494 e. The molecule has 0 aliphatic rings. The van der Waals surface area contributed by atoms with E-state index in [1.165, 1.54) is 17.7 Å². The molecule has 0 fully saturated rings. The molecule has 28 heavy (non-hydrogen) atoms. The van der Waals surface area contributed by atoms with E-state index in [2.05, 4.69) is 10.6 Å². The Morgan fingerprint density at radius 1 is 1.07 bits per heavy atom. The van der Waals surface area contributed by atoms with Crippen molar-refractivity contribution in [3.05, 3.63) is 57.2 Å². The Balaban J connectivity index is 0.000000892. The summed E-state index contributed by atoms with van der Waals surface area (Å²) in [6.07, 6.45) is 0.902. The predicted molar refractivity (Wildman–Crippen MR) is 97.1 cm³/mol. The predicted octanol–water partition coefficient (Wildman–Crippen LogP) is -2.38. The van der Waals surface area contributed by atoms with Gasteiger partial charge in [-0.05, 0) is 29.3 Å². The van der Waals surface area contributed by atoms with Crippen molar-refractivity contribution < 1.29 is 32.1 Å². The lowest BCUT2D eigenvalue weighted by atomic mass is 10.3. The third-order valence-corrected chi connectivity index (χ3v) is 3.64. The van der Waals surface area contributed by atoms with Crippen LogP contribution in [0.4, 0.5) is 5.82 Å². The summed E-state index contributed by atoms with van der Waals surface area (Å²) in [4.78, 5) is 23.4. The summed E-state index contributed by atoms with van der Waals surface area (Å²) in [5.41, 5.74) is -0.650. The number of nitrogens with zero attached hydrogens (tertiary/aromatic N) is 2. The van der Waals surface area contributed by atoms with Gasteiger partial charge in [-0.25, -0.2) is 4.79 Å². The molecular weight excluding hydrogens is 436 g/mol. The quantitative estimate of drug-likeness (QED) is 0.352. The average Bonchev–Trinajstić information content (AvgIpc) is 2.66. The topological polar surface area (TPSA) is 144 Å². The standard InChI is InChI=1S/C17H24N4O3.BrHO3/c1-20-15(13-16(22)21(2)17(20)23)19-11-10-18-9-6-12-24-14-7-4-3-5-8-14;2-1(3)4/h3-5,7-8,13,18-19H,6,9-12H2,1-2H3;2H. The number of hydrogen-bond donors (Lipinski definition) is 3. The molecular formula is C17H25BrN4O6. The number of anilines is 1. The minimum Gasteiger partial charge on any atom is -0.494 e. The lowest BCUT2D eigenvalue weighted by molar-refractivity contribution is -1.63.